The van der Waals surface area contributed by atoms with Crippen LogP contribution in [-0.2, 0) is 4.57 Å². The maximum absolute atomic E-state index is 10.5. The van der Waals surface area contributed by atoms with E-state index in [1.807, 2.05) is 0 Å². The molecule has 5 heteroatoms. The highest BCUT2D eigenvalue weighted by atomic mass is 31.2. The predicted octanol–water partition coefficient (Wildman–Crippen LogP) is 0.162. The summed E-state index contributed by atoms with van der Waals surface area (Å²) in [4.78, 5) is 17.1. The summed E-state index contributed by atoms with van der Waals surface area (Å²) >= 11 is 0. The molecule has 4 nitrogen and oxygen atoms in total. The van der Waals surface area contributed by atoms with Crippen LogP contribution in [0.25, 0.3) is 0 Å². The van der Waals surface area contributed by atoms with Crippen molar-refractivity contribution in [3.8, 4) is 0 Å². The Morgan fingerprint density at radius 3 is 2.00 bits per heavy atom. The van der Waals surface area contributed by atoms with Crippen LogP contribution in [0.5, 0.6) is 0 Å². The monoisotopic (exact) mass is 167 g/mol. The van der Waals surface area contributed by atoms with Crippen LogP contribution in [0, 0.1) is 0 Å². The second-order valence-electron chi connectivity index (χ2n) is 2.96. The molecular weight excluding hydrogens is 153 g/mol. The van der Waals surface area contributed by atoms with Gasteiger partial charge in [-0.05, 0) is 20.9 Å². The van der Waals surface area contributed by atoms with Crippen LogP contribution in [0.15, 0.2) is 0 Å². The molecule has 0 bridgehead atoms. The van der Waals surface area contributed by atoms with E-state index in [0.717, 1.165) is 0 Å². The van der Waals surface area contributed by atoms with E-state index in [1.54, 1.807) is 20.9 Å². The standard InChI is InChI=1S/C5H14NO3P/c1-5(2,6-3)4-10(7,8)9/h6H,4H2,1-3H3,(H2,7,8,9). The minimum atomic E-state index is -3.87. The van der Waals surface area contributed by atoms with Gasteiger partial charge in [0.25, 0.3) is 0 Å². The lowest BCUT2D eigenvalue weighted by atomic mass is 10.1. The molecular formula is C5H14NO3P. The van der Waals surface area contributed by atoms with Gasteiger partial charge >= 0.3 is 7.60 Å². The molecule has 0 saturated carbocycles. The molecule has 0 aliphatic heterocycles. The largest absolute Gasteiger partial charge is 0.327 e. The third kappa shape index (κ3) is 4.94. The molecule has 0 aliphatic rings. The van der Waals surface area contributed by atoms with Crippen LogP contribution in [-0.4, -0.2) is 28.5 Å². The van der Waals surface area contributed by atoms with Gasteiger partial charge < -0.3 is 15.1 Å². The Hall–Kier alpha value is 0.110. The van der Waals surface area contributed by atoms with Gasteiger partial charge in [0.15, 0.2) is 0 Å². The number of nitrogens with one attached hydrogen (secondary N) is 1. The summed E-state index contributed by atoms with van der Waals surface area (Å²) in [5, 5.41) is 2.81. The maximum Gasteiger partial charge on any atom is 0.327 e. The Morgan fingerprint density at radius 1 is 1.50 bits per heavy atom. The van der Waals surface area contributed by atoms with Crippen LogP contribution >= 0.6 is 7.60 Å². The molecule has 0 aliphatic carbocycles. The van der Waals surface area contributed by atoms with Gasteiger partial charge in [-0.3, -0.25) is 4.57 Å². The zero-order valence-corrected chi connectivity index (χ0v) is 7.35. The minimum Gasteiger partial charge on any atom is -0.324 e. The molecule has 0 atom stereocenters. The van der Waals surface area contributed by atoms with Crippen LogP contribution < -0.4 is 5.32 Å². The molecule has 0 heterocycles. The molecule has 62 valence electrons. The fraction of sp³-hybridized carbons (Fsp3) is 1.00. The molecule has 0 aromatic carbocycles. The molecule has 0 amide bonds. The third-order valence-electron chi connectivity index (χ3n) is 1.28. The van der Waals surface area contributed by atoms with E-state index in [1.165, 1.54) is 0 Å². The molecule has 0 unspecified atom stereocenters. The van der Waals surface area contributed by atoms with Crippen molar-refractivity contribution in [1.82, 2.24) is 5.32 Å². The maximum atomic E-state index is 10.5. The zero-order chi connectivity index (χ0) is 8.41. The molecule has 0 aromatic heterocycles. The SMILES string of the molecule is CNC(C)(C)CP(=O)(O)O. The topological polar surface area (TPSA) is 69.6 Å². The summed E-state index contributed by atoms with van der Waals surface area (Å²) < 4.78 is 10.5. The Labute approximate surface area is 60.8 Å². The van der Waals surface area contributed by atoms with Gasteiger partial charge in [-0.15, -0.1) is 0 Å². The van der Waals surface area contributed by atoms with Crippen molar-refractivity contribution in [3.63, 3.8) is 0 Å². The Morgan fingerprint density at radius 2 is 1.90 bits per heavy atom. The average molecular weight is 167 g/mol. The summed E-state index contributed by atoms with van der Waals surface area (Å²) in [6.45, 7) is 3.48. The van der Waals surface area contributed by atoms with Gasteiger partial charge in [0.05, 0.1) is 6.16 Å². The number of hydrogen-bond acceptors (Lipinski definition) is 2. The van der Waals surface area contributed by atoms with Crippen LogP contribution in [0.1, 0.15) is 13.8 Å². The Balaban J connectivity index is 4.02. The number of rotatable bonds is 3. The first-order valence-electron chi connectivity index (χ1n) is 3.00. The normalized spacial score (nSPS) is 13.7. The van der Waals surface area contributed by atoms with E-state index >= 15 is 0 Å². The van der Waals surface area contributed by atoms with Crippen LogP contribution in [0.2, 0.25) is 0 Å². The smallest absolute Gasteiger partial charge is 0.324 e. The highest BCUT2D eigenvalue weighted by molar-refractivity contribution is 7.51. The lowest BCUT2D eigenvalue weighted by Crippen LogP contribution is -2.39. The van der Waals surface area contributed by atoms with E-state index in [2.05, 4.69) is 5.32 Å². The average Bonchev–Trinajstić information content (AvgIpc) is 1.60. The van der Waals surface area contributed by atoms with E-state index in [-0.39, 0.29) is 6.16 Å². The summed E-state index contributed by atoms with van der Waals surface area (Å²) in [6, 6.07) is 0. The quantitative estimate of drug-likeness (QED) is 0.524. The molecule has 10 heavy (non-hydrogen) atoms. The molecule has 0 saturated heterocycles. The summed E-state index contributed by atoms with van der Waals surface area (Å²) in [5.74, 6) is 0. The van der Waals surface area contributed by atoms with Crippen molar-refractivity contribution >= 4 is 7.60 Å². The van der Waals surface area contributed by atoms with Gasteiger partial charge in [-0.2, -0.15) is 0 Å². The molecule has 3 N–H and O–H groups in total. The lowest BCUT2D eigenvalue weighted by molar-refractivity contribution is 0.348. The Bertz CT molecular complexity index is 151. The molecule has 0 aromatic rings. The molecule has 0 fully saturated rings. The zero-order valence-electron chi connectivity index (χ0n) is 6.46. The van der Waals surface area contributed by atoms with Gasteiger partial charge in [0.2, 0.25) is 0 Å². The lowest BCUT2D eigenvalue weighted by Gasteiger charge is -2.23. The van der Waals surface area contributed by atoms with Crippen molar-refractivity contribution in [2.45, 2.75) is 19.4 Å². The fourth-order valence-electron chi connectivity index (χ4n) is 0.594. The summed E-state index contributed by atoms with van der Waals surface area (Å²) in [6.07, 6.45) is -0.128. The van der Waals surface area contributed by atoms with Gasteiger partial charge in [0.1, 0.15) is 0 Å². The van der Waals surface area contributed by atoms with Crippen LogP contribution in [0.4, 0.5) is 0 Å². The van der Waals surface area contributed by atoms with Gasteiger partial charge in [0, 0.05) is 5.54 Å². The Kier molecular flexibility index (Phi) is 3.04. The van der Waals surface area contributed by atoms with Crippen molar-refractivity contribution < 1.29 is 14.4 Å². The molecule has 0 rings (SSSR count). The first kappa shape index (κ1) is 10.1. The second kappa shape index (κ2) is 3.01. The summed E-state index contributed by atoms with van der Waals surface area (Å²) in [7, 11) is -2.19. The number of hydrogen-bond donors (Lipinski definition) is 3. The highest BCUT2D eigenvalue weighted by Crippen LogP contribution is 2.37. The summed E-state index contributed by atoms with van der Waals surface area (Å²) in [5.41, 5.74) is -0.487. The first-order valence-corrected chi connectivity index (χ1v) is 4.80. The second-order valence-corrected chi connectivity index (χ2v) is 4.60. The van der Waals surface area contributed by atoms with Gasteiger partial charge in [-0.25, -0.2) is 0 Å². The van der Waals surface area contributed by atoms with E-state index in [0.29, 0.717) is 0 Å². The van der Waals surface area contributed by atoms with Crippen LogP contribution in [0.3, 0.4) is 0 Å². The molecule has 0 spiro atoms. The highest BCUT2D eigenvalue weighted by Gasteiger charge is 2.26. The van der Waals surface area contributed by atoms with E-state index in [9.17, 15) is 4.57 Å². The third-order valence-corrected chi connectivity index (χ3v) is 2.48. The van der Waals surface area contributed by atoms with Crippen molar-refractivity contribution in [1.29, 1.82) is 0 Å². The van der Waals surface area contributed by atoms with Crippen molar-refractivity contribution in [2.75, 3.05) is 13.2 Å². The van der Waals surface area contributed by atoms with E-state index < -0.39 is 13.1 Å². The van der Waals surface area contributed by atoms with E-state index in [4.69, 9.17) is 9.79 Å². The first-order chi connectivity index (χ1) is 4.27. The minimum absolute atomic E-state index is 0.128. The molecule has 0 radical (unpaired) electrons. The van der Waals surface area contributed by atoms with Gasteiger partial charge in [-0.1, -0.05) is 0 Å². The van der Waals surface area contributed by atoms with Crippen molar-refractivity contribution in [2.24, 2.45) is 0 Å². The predicted molar refractivity (Wildman–Crippen MR) is 40.0 cm³/mol. The van der Waals surface area contributed by atoms with Crippen molar-refractivity contribution in [3.05, 3.63) is 0 Å². The fourth-order valence-corrected chi connectivity index (χ4v) is 1.78.